The van der Waals surface area contributed by atoms with Crippen molar-refractivity contribution in [3.05, 3.63) is 65.7 Å². The van der Waals surface area contributed by atoms with Crippen molar-refractivity contribution < 1.29 is 4.74 Å². The van der Waals surface area contributed by atoms with Crippen molar-refractivity contribution in [3.8, 4) is 5.75 Å². The van der Waals surface area contributed by atoms with Crippen LogP contribution in [0.25, 0.3) is 6.08 Å². The van der Waals surface area contributed by atoms with Crippen LogP contribution < -0.4 is 15.2 Å². The van der Waals surface area contributed by atoms with Crippen molar-refractivity contribution in [2.75, 3.05) is 24.7 Å². The minimum atomic E-state index is 0.705. The maximum atomic E-state index is 5.46. The highest BCUT2D eigenvalue weighted by molar-refractivity contribution is 5.58. The number of para-hydroxylation sites is 1. The first-order valence-electron chi connectivity index (χ1n) is 7.33. The first-order chi connectivity index (χ1) is 10.3. The van der Waals surface area contributed by atoms with Gasteiger partial charge in [0.25, 0.3) is 0 Å². The molecule has 1 aliphatic heterocycles. The Kier molecular flexibility index (Phi) is 4.22. The summed E-state index contributed by atoms with van der Waals surface area (Å²) in [5.41, 5.74) is 7.21. The Morgan fingerprint density at radius 2 is 1.86 bits per heavy atom. The molecule has 0 saturated carbocycles. The summed E-state index contributed by atoms with van der Waals surface area (Å²) in [5.74, 6) is 0.926. The van der Waals surface area contributed by atoms with Crippen molar-refractivity contribution in [2.24, 2.45) is 0 Å². The van der Waals surface area contributed by atoms with Crippen LogP contribution in [0, 0.1) is 0 Å². The van der Waals surface area contributed by atoms with E-state index >= 15 is 0 Å². The van der Waals surface area contributed by atoms with E-state index in [1.54, 1.807) is 0 Å². The molecule has 0 spiro atoms. The maximum absolute atomic E-state index is 5.46. The summed E-state index contributed by atoms with van der Waals surface area (Å²) in [6.07, 6.45) is 2.24. The van der Waals surface area contributed by atoms with E-state index in [1.165, 1.54) is 16.8 Å². The number of ether oxygens (including phenoxy) is 1. The highest BCUT2D eigenvalue weighted by Gasteiger charge is 2.15. The summed E-state index contributed by atoms with van der Waals surface area (Å²) < 4.78 is 5.46. The van der Waals surface area contributed by atoms with Crippen molar-refractivity contribution >= 4 is 11.8 Å². The third-order valence-electron chi connectivity index (χ3n) is 3.49. The molecule has 3 nitrogen and oxygen atoms in total. The average Bonchev–Trinajstić information content (AvgIpc) is 2.99. The lowest BCUT2D eigenvalue weighted by atomic mass is 10.1. The lowest BCUT2D eigenvalue weighted by Gasteiger charge is -2.16. The molecule has 0 atom stereocenters. The second-order valence-corrected chi connectivity index (χ2v) is 5.06. The van der Waals surface area contributed by atoms with Gasteiger partial charge in [-0.2, -0.15) is 0 Å². The van der Waals surface area contributed by atoms with E-state index in [2.05, 4.69) is 52.9 Å². The fraction of sp³-hybridized carbons (Fsp3) is 0.222. The van der Waals surface area contributed by atoms with E-state index in [0.717, 1.165) is 18.8 Å². The molecule has 1 saturated heterocycles. The molecule has 0 radical (unpaired) electrons. The zero-order chi connectivity index (χ0) is 14.5. The molecule has 0 bridgehead atoms. The average molecular weight is 280 g/mol. The van der Waals surface area contributed by atoms with E-state index in [4.69, 9.17) is 4.74 Å². The van der Waals surface area contributed by atoms with Crippen molar-refractivity contribution in [3.63, 3.8) is 0 Å². The van der Waals surface area contributed by atoms with Gasteiger partial charge in [0.05, 0.1) is 18.8 Å². The third kappa shape index (κ3) is 3.44. The summed E-state index contributed by atoms with van der Waals surface area (Å²) in [7, 11) is 0. The smallest absolute Gasteiger partial charge is 0.119 e. The molecule has 1 fully saturated rings. The van der Waals surface area contributed by atoms with Gasteiger partial charge >= 0.3 is 0 Å². The second-order valence-electron chi connectivity index (χ2n) is 5.06. The van der Waals surface area contributed by atoms with Gasteiger partial charge in [0, 0.05) is 6.54 Å². The van der Waals surface area contributed by atoms with Gasteiger partial charge < -0.3 is 9.75 Å². The minimum absolute atomic E-state index is 0.705. The van der Waals surface area contributed by atoms with Crippen LogP contribution >= 0.6 is 0 Å². The van der Waals surface area contributed by atoms with Gasteiger partial charge in [0.2, 0.25) is 0 Å². The molecule has 0 unspecified atom stereocenters. The summed E-state index contributed by atoms with van der Waals surface area (Å²) in [6.45, 7) is 4.51. The molecule has 1 aliphatic rings. The number of hydrogen-bond acceptors (Lipinski definition) is 3. The van der Waals surface area contributed by atoms with Gasteiger partial charge in [-0.15, -0.1) is 0 Å². The van der Waals surface area contributed by atoms with Crippen LogP contribution in [-0.4, -0.2) is 19.7 Å². The van der Waals surface area contributed by atoms with Gasteiger partial charge in [-0.05, 0) is 42.3 Å². The molecule has 1 N–H and O–H groups in total. The van der Waals surface area contributed by atoms with Crippen LogP contribution in [0.1, 0.15) is 12.5 Å². The first-order valence-corrected chi connectivity index (χ1v) is 7.33. The zero-order valence-corrected chi connectivity index (χ0v) is 12.3. The van der Waals surface area contributed by atoms with E-state index in [1.807, 2.05) is 25.1 Å². The lowest BCUT2D eigenvalue weighted by Crippen LogP contribution is -2.30. The molecular formula is C18H20N2O. The second kappa shape index (κ2) is 6.46. The van der Waals surface area contributed by atoms with Crippen LogP contribution in [0.15, 0.2) is 60.2 Å². The predicted molar refractivity (Wildman–Crippen MR) is 87.4 cm³/mol. The molecule has 108 valence electrons. The van der Waals surface area contributed by atoms with Crippen molar-refractivity contribution in [1.29, 1.82) is 0 Å². The molecule has 2 aromatic rings. The number of hydrogen-bond donors (Lipinski definition) is 1. The Morgan fingerprint density at radius 3 is 2.57 bits per heavy atom. The van der Waals surface area contributed by atoms with Crippen LogP contribution in [0.4, 0.5) is 5.69 Å². The third-order valence-corrected chi connectivity index (χ3v) is 3.49. The zero-order valence-electron chi connectivity index (χ0n) is 12.3. The van der Waals surface area contributed by atoms with Gasteiger partial charge in [-0.1, -0.05) is 36.4 Å². The van der Waals surface area contributed by atoms with Crippen LogP contribution in [0.5, 0.6) is 5.75 Å². The van der Waals surface area contributed by atoms with Crippen LogP contribution in [0.2, 0.25) is 0 Å². The largest absolute Gasteiger partial charge is 0.494 e. The maximum Gasteiger partial charge on any atom is 0.119 e. The fourth-order valence-corrected chi connectivity index (χ4v) is 2.46. The molecule has 0 aliphatic carbocycles. The molecule has 0 amide bonds. The van der Waals surface area contributed by atoms with E-state index < -0.39 is 0 Å². The molecular weight excluding hydrogens is 260 g/mol. The highest BCUT2D eigenvalue weighted by atomic mass is 16.5. The molecule has 21 heavy (non-hydrogen) atoms. The van der Waals surface area contributed by atoms with E-state index in [0.29, 0.717) is 6.61 Å². The number of hydrazine groups is 1. The quantitative estimate of drug-likeness (QED) is 0.927. The van der Waals surface area contributed by atoms with Gasteiger partial charge in [0.15, 0.2) is 0 Å². The Morgan fingerprint density at radius 1 is 1.10 bits per heavy atom. The number of rotatable bonds is 4. The summed E-state index contributed by atoms with van der Waals surface area (Å²) >= 11 is 0. The van der Waals surface area contributed by atoms with Crippen molar-refractivity contribution in [1.82, 2.24) is 5.43 Å². The minimum Gasteiger partial charge on any atom is -0.494 e. The fourth-order valence-electron chi connectivity index (χ4n) is 2.46. The number of anilines is 1. The SMILES string of the molecule is CCOc1ccc(/C=C2/CNN(c3ccccc3)C2)cc1. The molecule has 0 aromatic heterocycles. The normalized spacial score (nSPS) is 16.4. The number of benzene rings is 2. The Balaban J connectivity index is 1.68. The molecule has 1 heterocycles. The Bertz CT molecular complexity index is 605. The molecule has 2 aromatic carbocycles. The van der Waals surface area contributed by atoms with Crippen molar-refractivity contribution in [2.45, 2.75) is 6.92 Å². The standard InChI is InChI=1S/C18H20N2O/c1-2-21-18-10-8-15(9-11-18)12-16-13-19-20(14-16)17-6-4-3-5-7-17/h3-12,19H,2,13-14H2,1H3/b16-12-. The van der Waals surface area contributed by atoms with E-state index in [-0.39, 0.29) is 0 Å². The van der Waals surface area contributed by atoms with Crippen LogP contribution in [0.3, 0.4) is 0 Å². The summed E-state index contributed by atoms with van der Waals surface area (Å²) in [4.78, 5) is 0. The van der Waals surface area contributed by atoms with Gasteiger partial charge in [-0.25, -0.2) is 5.43 Å². The summed E-state index contributed by atoms with van der Waals surface area (Å²) in [5, 5.41) is 2.18. The number of nitrogens with zero attached hydrogens (tertiary/aromatic N) is 1. The monoisotopic (exact) mass is 280 g/mol. The van der Waals surface area contributed by atoms with Crippen LogP contribution in [-0.2, 0) is 0 Å². The van der Waals surface area contributed by atoms with E-state index in [9.17, 15) is 0 Å². The predicted octanol–water partition coefficient (Wildman–Crippen LogP) is 3.49. The topological polar surface area (TPSA) is 24.5 Å². The lowest BCUT2D eigenvalue weighted by molar-refractivity contribution is 0.340. The first kappa shape index (κ1) is 13.7. The number of nitrogens with one attached hydrogen (secondary N) is 1. The molecule has 3 rings (SSSR count). The van der Waals surface area contributed by atoms with Gasteiger partial charge in [0.1, 0.15) is 5.75 Å². The highest BCUT2D eigenvalue weighted by Crippen LogP contribution is 2.19. The Hall–Kier alpha value is -2.26. The van der Waals surface area contributed by atoms with Gasteiger partial charge in [-0.3, -0.25) is 0 Å². The Labute approximate surface area is 125 Å². The summed E-state index contributed by atoms with van der Waals surface area (Å²) in [6, 6.07) is 18.6. The molecule has 3 heteroatoms.